The molecule has 0 spiro atoms. The van der Waals surface area contributed by atoms with Crippen LogP contribution in [0.2, 0.25) is 0 Å². The van der Waals surface area contributed by atoms with E-state index in [1.165, 1.54) is 38.5 Å². The van der Waals surface area contributed by atoms with Crippen LogP contribution in [0.5, 0.6) is 0 Å². The van der Waals surface area contributed by atoms with E-state index in [-0.39, 0.29) is 30.9 Å². The zero-order valence-electron chi connectivity index (χ0n) is 30.7. The molecule has 0 aromatic carbocycles. The fourth-order valence-corrected chi connectivity index (χ4v) is 5.11. The number of ether oxygens (including phenoxy) is 1. The number of carboxylic acids is 1. The Morgan fingerprint density at radius 2 is 1.22 bits per heavy atom. The Hall–Kier alpha value is -3.20. The summed E-state index contributed by atoms with van der Waals surface area (Å²) in [5.74, 6) is -2.44. The molecule has 0 saturated carbocycles. The van der Waals surface area contributed by atoms with Gasteiger partial charge in [0.1, 0.15) is 12.1 Å². The topological polar surface area (TPSA) is 142 Å². The highest BCUT2D eigenvalue weighted by atomic mass is 16.5. The number of aliphatic hydroxyl groups excluding tert-OH is 1. The molecule has 0 aliphatic carbocycles. The molecule has 280 valence electrons. The highest BCUT2D eigenvalue weighted by molar-refractivity contribution is 5.87. The molecule has 0 saturated heterocycles. The minimum atomic E-state index is -1.39. The lowest BCUT2D eigenvalue weighted by Crippen LogP contribution is -2.47. The summed E-state index contributed by atoms with van der Waals surface area (Å²) in [6, 6.07) is -1.39. The van der Waals surface area contributed by atoms with E-state index in [9.17, 15) is 19.2 Å². The first-order valence-electron chi connectivity index (χ1n) is 19.0. The number of hydrogen-bond donors (Lipinski definition) is 4. The normalized spacial score (nSPS) is 13.0. The van der Waals surface area contributed by atoms with Gasteiger partial charge in [0.2, 0.25) is 11.8 Å². The molecule has 0 aromatic rings. The van der Waals surface area contributed by atoms with Gasteiger partial charge < -0.3 is 25.6 Å². The van der Waals surface area contributed by atoms with Crippen LogP contribution in [0, 0.1) is 0 Å². The summed E-state index contributed by atoms with van der Waals surface area (Å²) in [4.78, 5) is 47.4. The van der Waals surface area contributed by atoms with E-state index in [2.05, 4.69) is 73.1 Å². The summed E-state index contributed by atoms with van der Waals surface area (Å²) in [5.41, 5.74) is 0. The Morgan fingerprint density at radius 3 is 1.90 bits per heavy atom. The van der Waals surface area contributed by atoms with Crippen LogP contribution in [0.1, 0.15) is 155 Å². The predicted octanol–water partition coefficient (Wildman–Crippen LogP) is 8.42. The fourth-order valence-electron chi connectivity index (χ4n) is 5.11. The number of allylic oxidation sites excluding steroid dienone is 7. The smallest absolute Gasteiger partial charge is 0.328 e. The molecule has 0 heterocycles. The third kappa shape index (κ3) is 31.8. The average Bonchev–Trinajstić information content (AvgIpc) is 3.08. The Bertz CT molecular complexity index is 974. The van der Waals surface area contributed by atoms with Crippen LogP contribution < -0.4 is 10.6 Å². The molecule has 0 aliphatic heterocycles. The molecular formula is C40H68N2O7. The van der Waals surface area contributed by atoms with Crippen LogP contribution in [0.25, 0.3) is 0 Å². The molecule has 2 atom stereocenters. The van der Waals surface area contributed by atoms with Gasteiger partial charge in [0.05, 0.1) is 13.2 Å². The Kier molecular flexibility index (Phi) is 32.4. The second-order valence-corrected chi connectivity index (χ2v) is 12.6. The summed E-state index contributed by atoms with van der Waals surface area (Å²) in [7, 11) is 0. The average molecular weight is 689 g/mol. The number of esters is 1. The number of hydrogen-bond acceptors (Lipinski definition) is 6. The number of carboxylic acid groups (broad SMARTS) is 1. The Morgan fingerprint density at radius 1 is 0.653 bits per heavy atom. The lowest BCUT2D eigenvalue weighted by atomic mass is 10.1. The van der Waals surface area contributed by atoms with Crippen molar-refractivity contribution in [3.63, 3.8) is 0 Å². The van der Waals surface area contributed by atoms with E-state index >= 15 is 0 Å². The van der Waals surface area contributed by atoms with Gasteiger partial charge in [0.25, 0.3) is 0 Å². The summed E-state index contributed by atoms with van der Waals surface area (Å²) in [5, 5.41) is 22.5. The third-order valence-corrected chi connectivity index (χ3v) is 8.04. The van der Waals surface area contributed by atoms with Crippen LogP contribution in [0.15, 0.2) is 48.6 Å². The largest absolute Gasteiger partial charge is 0.480 e. The molecule has 9 nitrogen and oxygen atoms in total. The van der Waals surface area contributed by atoms with Gasteiger partial charge in [-0.1, -0.05) is 114 Å². The molecule has 0 radical (unpaired) electrons. The van der Waals surface area contributed by atoms with Crippen molar-refractivity contribution >= 4 is 23.8 Å². The van der Waals surface area contributed by atoms with Crippen molar-refractivity contribution in [1.29, 1.82) is 0 Å². The number of carbonyl (C=O) groups excluding carboxylic acids is 3. The van der Waals surface area contributed by atoms with Gasteiger partial charge in [-0.2, -0.15) is 0 Å². The minimum Gasteiger partial charge on any atom is -0.480 e. The summed E-state index contributed by atoms with van der Waals surface area (Å²) < 4.78 is 5.87. The number of aliphatic hydroxyl groups is 1. The third-order valence-electron chi connectivity index (χ3n) is 8.04. The molecular weight excluding hydrogens is 620 g/mol. The maximum atomic E-state index is 12.6. The number of rotatable bonds is 33. The molecule has 4 N–H and O–H groups in total. The molecule has 0 aromatic heterocycles. The number of amides is 2. The van der Waals surface area contributed by atoms with E-state index in [1.807, 2.05) is 0 Å². The van der Waals surface area contributed by atoms with Crippen LogP contribution in [-0.2, 0) is 23.9 Å². The molecule has 0 rings (SSSR count). The molecule has 0 bridgehead atoms. The van der Waals surface area contributed by atoms with Crippen LogP contribution in [0.4, 0.5) is 0 Å². The first kappa shape index (κ1) is 45.8. The van der Waals surface area contributed by atoms with Gasteiger partial charge in [0.15, 0.2) is 0 Å². The van der Waals surface area contributed by atoms with Gasteiger partial charge in [-0.3, -0.25) is 14.4 Å². The highest BCUT2D eigenvalue weighted by Gasteiger charge is 2.18. The second kappa shape index (κ2) is 34.7. The van der Waals surface area contributed by atoms with Gasteiger partial charge in [-0.15, -0.1) is 0 Å². The van der Waals surface area contributed by atoms with E-state index in [0.717, 1.165) is 83.5 Å². The standard InChI is InChI=1S/C40H68N2O7/c1-3-5-7-9-11-13-14-15-16-18-20-22-28-32-39(46)49-35(29-25-21-19-17-12-10-8-6-4-2)30-26-23-24-27-31-37(44)41-33-38(45)42-36(34-43)40(47)48/h5,7,11,13,15-16,25,29,35-36,43H,3-4,6,8-10,12,14,17-24,26-28,30-34H2,1-2H3,(H,41,44)(H,42,45)(H,47,48)/b7-5-,13-11-,16-15-,29-25-. The molecule has 2 amide bonds. The minimum absolute atomic E-state index is 0.141. The summed E-state index contributed by atoms with van der Waals surface area (Å²) in [6.07, 6.45) is 38.6. The fraction of sp³-hybridized carbons (Fsp3) is 0.700. The van der Waals surface area contributed by atoms with Crippen molar-refractivity contribution in [3.05, 3.63) is 48.6 Å². The monoisotopic (exact) mass is 689 g/mol. The van der Waals surface area contributed by atoms with E-state index in [0.29, 0.717) is 12.8 Å². The number of carbonyl (C=O) groups is 4. The van der Waals surface area contributed by atoms with E-state index in [1.54, 1.807) is 0 Å². The van der Waals surface area contributed by atoms with Gasteiger partial charge in [-0.05, 0) is 76.7 Å². The number of nitrogens with one attached hydrogen (secondary N) is 2. The van der Waals surface area contributed by atoms with Crippen LogP contribution in [0.3, 0.4) is 0 Å². The first-order chi connectivity index (χ1) is 23.8. The Labute approximate surface area is 297 Å². The summed E-state index contributed by atoms with van der Waals surface area (Å²) >= 11 is 0. The molecule has 0 aliphatic rings. The first-order valence-corrected chi connectivity index (χ1v) is 19.0. The van der Waals surface area contributed by atoms with E-state index in [4.69, 9.17) is 14.9 Å². The van der Waals surface area contributed by atoms with Crippen molar-refractivity contribution in [2.24, 2.45) is 0 Å². The van der Waals surface area contributed by atoms with Crippen molar-refractivity contribution in [2.45, 2.75) is 167 Å². The highest BCUT2D eigenvalue weighted by Crippen LogP contribution is 2.15. The van der Waals surface area contributed by atoms with Gasteiger partial charge >= 0.3 is 11.9 Å². The lowest BCUT2D eigenvalue weighted by molar-refractivity contribution is -0.147. The number of unbranched alkanes of at least 4 members (excludes halogenated alkanes) is 13. The summed E-state index contributed by atoms with van der Waals surface area (Å²) in [6.45, 7) is 3.31. The molecule has 2 unspecified atom stereocenters. The quantitative estimate of drug-likeness (QED) is 0.0308. The van der Waals surface area contributed by atoms with Gasteiger partial charge in [-0.25, -0.2) is 4.79 Å². The van der Waals surface area contributed by atoms with Crippen molar-refractivity contribution in [1.82, 2.24) is 10.6 Å². The van der Waals surface area contributed by atoms with Crippen molar-refractivity contribution < 1.29 is 34.1 Å². The molecule has 49 heavy (non-hydrogen) atoms. The van der Waals surface area contributed by atoms with E-state index < -0.39 is 24.5 Å². The van der Waals surface area contributed by atoms with Crippen molar-refractivity contribution in [3.8, 4) is 0 Å². The predicted molar refractivity (Wildman–Crippen MR) is 199 cm³/mol. The lowest BCUT2D eigenvalue weighted by Gasteiger charge is -2.15. The second-order valence-electron chi connectivity index (χ2n) is 12.6. The maximum Gasteiger partial charge on any atom is 0.328 e. The SMILES string of the molecule is CC/C=C\C/C=C\C/C=C\CCCCCC(=O)OC(/C=C\CCCCCCCCC)CCCCCCC(=O)NCC(=O)NC(CO)C(=O)O. The number of aliphatic carboxylic acids is 1. The van der Waals surface area contributed by atoms with Crippen LogP contribution in [-0.4, -0.2) is 59.3 Å². The zero-order valence-corrected chi connectivity index (χ0v) is 30.7. The maximum absolute atomic E-state index is 12.6. The zero-order chi connectivity index (χ0) is 36.2. The Balaban J connectivity index is 4.41. The molecule has 0 fully saturated rings. The van der Waals surface area contributed by atoms with Crippen LogP contribution >= 0.6 is 0 Å². The van der Waals surface area contributed by atoms with Gasteiger partial charge in [0, 0.05) is 12.8 Å². The molecule has 9 heteroatoms. The van der Waals surface area contributed by atoms with Crippen molar-refractivity contribution in [2.75, 3.05) is 13.2 Å².